The summed E-state index contributed by atoms with van der Waals surface area (Å²) >= 11 is 0. The summed E-state index contributed by atoms with van der Waals surface area (Å²) in [7, 11) is 0. The summed E-state index contributed by atoms with van der Waals surface area (Å²) in [6.45, 7) is 3.28. The van der Waals surface area contributed by atoms with Gasteiger partial charge in [0.1, 0.15) is 23.9 Å². The van der Waals surface area contributed by atoms with Crippen LogP contribution in [0.4, 0.5) is 0 Å². The number of carbonyl (C=O) groups is 5. The standard InChI is InChI=1S/C28H36N4O8/c1-16(2)24(27(38)30-21(28(39)40)12-13-23(34)35)32-26(37)22(15-18-8-10-19(33)11-9-18)31-25(36)20(29)14-17-6-4-3-5-7-17/h3-11,16,20-22,24,33H,12-15,29H2,1-2H3,(H,30,38)(H,31,36)(H,32,37)(H,34,35)(H,39,40). The molecule has 2 aromatic carbocycles. The van der Waals surface area contributed by atoms with Crippen LogP contribution in [-0.2, 0) is 36.8 Å². The number of hydrogen-bond acceptors (Lipinski definition) is 7. The fourth-order valence-electron chi connectivity index (χ4n) is 3.89. The lowest BCUT2D eigenvalue weighted by atomic mass is 9.99. The predicted molar refractivity (Wildman–Crippen MR) is 145 cm³/mol. The van der Waals surface area contributed by atoms with Crippen molar-refractivity contribution in [2.75, 3.05) is 0 Å². The summed E-state index contributed by atoms with van der Waals surface area (Å²) in [5, 5.41) is 35.4. The van der Waals surface area contributed by atoms with Crippen molar-refractivity contribution in [1.29, 1.82) is 0 Å². The molecule has 2 aromatic rings. The van der Waals surface area contributed by atoms with Gasteiger partial charge in [0, 0.05) is 12.8 Å². The average molecular weight is 557 g/mol. The molecule has 2 rings (SSSR count). The van der Waals surface area contributed by atoms with Crippen molar-refractivity contribution in [1.82, 2.24) is 16.0 Å². The highest BCUT2D eigenvalue weighted by Crippen LogP contribution is 2.13. The van der Waals surface area contributed by atoms with Crippen LogP contribution in [0.15, 0.2) is 54.6 Å². The van der Waals surface area contributed by atoms with Gasteiger partial charge in [-0.05, 0) is 42.0 Å². The lowest BCUT2D eigenvalue weighted by Crippen LogP contribution is -2.59. The van der Waals surface area contributed by atoms with E-state index in [9.17, 15) is 34.2 Å². The summed E-state index contributed by atoms with van der Waals surface area (Å²) in [4.78, 5) is 61.7. The third kappa shape index (κ3) is 10.4. The van der Waals surface area contributed by atoms with Crippen molar-refractivity contribution in [3.05, 3.63) is 65.7 Å². The molecule has 4 atom stereocenters. The normalized spacial score (nSPS) is 13.9. The Morgan fingerprint density at radius 1 is 0.750 bits per heavy atom. The summed E-state index contributed by atoms with van der Waals surface area (Å²) in [6, 6.07) is 10.4. The zero-order valence-electron chi connectivity index (χ0n) is 22.4. The maximum Gasteiger partial charge on any atom is 0.326 e. The fraction of sp³-hybridized carbons (Fsp3) is 0.393. The van der Waals surface area contributed by atoms with Crippen LogP contribution in [0.1, 0.15) is 37.8 Å². The molecule has 3 amide bonds. The van der Waals surface area contributed by atoms with E-state index in [1.807, 2.05) is 30.3 Å². The van der Waals surface area contributed by atoms with Gasteiger partial charge in [0.15, 0.2) is 0 Å². The number of phenolic OH excluding ortho intramolecular Hbond substituents is 1. The first kappa shape index (κ1) is 31.8. The van der Waals surface area contributed by atoms with Crippen LogP contribution in [-0.4, -0.2) is 69.1 Å². The molecule has 8 N–H and O–H groups in total. The van der Waals surface area contributed by atoms with Crippen LogP contribution < -0.4 is 21.7 Å². The Morgan fingerprint density at radius 2 is 1.32 bits per heavy atom. The number of amides is 3. The Hall–Kier alpha value is -4.45. The van der Waals surface area contributed by atoms with Gasteiger partial charge in [0.25, 0.3) is 0 Å². The minimum absolute atomic E-state index is 0.0126. The topological polar surface area (TPSA) is 208 Å². The van der Waals surface area contributed by atoms with Crippen LogP contribution >= 0.6 is 0 Å². The molecule has 0 fully saturated rings. The van der Waals surface area contributed by atoms with Crippen LogP contribution in [0, 0.1) is 5.92 Å². The molecule has 12 nitrogen and oxygen atoms in total. The Bertz CT molecular complexity index is 1170. The number of aliphatic carboxylic acids is 2. The number of carbonyl (C=O) groups excluding carboxylic acids is 3. The number of carboxylic acids is 2. The zero-order chi connectivity index (χ0) is 29.8. The third-order valence-electron chi connectivity index (χ3n) is 6.15. The van der Waals surface area contributed by atoms with Crippen molar-refractivity contribution >= 4 is 29.7 Å². The van der Waals surface area contributed by atoms with Gasteiger partial charge in [-0.25, -0.2) is 4.79 Å². The first-order valence-electron chi connectivity index (χ1n) is 12.8. The highest BCUT2D eigenvalue weighted by atomic mass is 16.4. The molecule has 0 heterocycles. The van der Waals surface area contributed by atoms with Gasteiger partial charge in [-0.3, -0.25) is 19.2 Å². The van der Waals surface area contributed by atoms with E-state index in [1.165, 1.54) is 12.1 Å². The lowest BCUT2D eigenvalue weighted by Gasteiger charge is -2.27. The lowest BCUT2D eigenvalue weighted by molar-refractivity contribution is -0.143. The summed E-state index contributed by atoms with van der Waals surface area (Å²) < 4.78 is 0. The molecule has 0 aliphatic heterocycles. The number of phenols is 1. The second-order valence-electron chi connectivity index (χ2n) is 9.79. The highest BCUT2D eigenvalue weighted by Gasteiger charge is 2.32. The SMILES string of the molecule is CC(C)C(NC(=O)C(Cc1ccc(O)cc1)NC(=O)C(N)Cc1ccccc1)C(=O)NC(CCC(=O)O)C(=O)O. The van der Waals surface area contributed by atoms with Gasteiger partial charge < -0.3 is 37.0 Å². The molecule has 0 saturated heterocycles. The maximum absolute atomic E-state index is 13.4. The summed E-state index contributed by atoms with van der Waals surface area (Å²) in [5.74, 6) is -5.20. The van der Waals surface area contributed by atoms with E-state index >= 15 is 0 Å². The van der Waals surface area contributed by atoms with Gasteiger partial charge in [-0.2, -0.15) is 0 Å². The van der Waals surface area contributed by atoms with E-state index in [1.54, 1.807) is 26.0 Å². The van der Waals surface area contributed by atoms with Crippen molar-refractivity contribution in [3.63, 3.8) is 0 Å². The molecule has 12 heteroatoms. The quantitative estimate of drug-likeness (QED) is 0.163. The van der Waals surface area contributed by atoms with E-state index in [0.717, 1.165) is 5.56 Å². The third-order valence-corrected chi connectivity index (χ3v) is 6.15. The second kappa shape index (κ2) is 15.2. The van der Waals surface area contributed by atoms with Gasteiger partial charge in [-0.1, -0.05) is 56.3 Å². The largest absolute Gasteiger partial charge is 0.508 e. The van der Waals surface area contributed by atoms with Gasteiger partial charge >= 0.3 is 11.9 Å². The van der Waals surface area contributed by atoms with Gasteiger partial charge in [0.05, 0.1) is 6.04 Å². The summed E-state index contributed by atoms with van der Waals surface area (Å²) in [6.07, 6.45) is -0.573. The second-order valence-corrected chi connectivity index (χ2v) is 9.79. The Morgan fingerprint density at radius 3 is 1.88 bits per heavy atom. The molecule has 0 bridgehead atoms. The molecule has 0 saturated carbocycles. The molecule has 4 unspecified atom stereocenters. The Balaban J connectivity index is 2.20. The number of carboxylic acid groups (broad SMARTS) is 2. The van der Waals surface area contributed by atoms with Crippen LogP contribution in [0.3, 0.4) is 0 Å². The van der Waals surface area contributed by atoms with Crippen molar-refractivity contribution in [2.45, 2.75) is 63.7 Å². The van der Waals surface area contributed by atoms with Crippen LogP contribution in [0.25, 0.3) is 0 Å². The fourth-order valence-corrected chi connectivity index (χ4v) is 3.89. The van der Waals surface area contributed by atoms with Crippen molar-refractivity contribution in [2.24, 2.45) is 11.7 Å². The predicted octanol–water partition coefficient (Wildman–Crippen LogP) is 0.565. The molecule has 0 aliphatic carbocycles. The molecule has 0 spiro atoms. The summed E-state index contributed by atoms with van der Waals surface area (Å²) in [5.41, 5.74) is 7.55. The number of hydrogen-bond donors (Lipinski definition) is 7. The minimum atomic E-state index is -1.47. The Labute approximate surface area is 232 Å². The first-order chi connectivity index (χ1) is 18.9. The van der Waals surface area contributed by atoms with Crippen LogP contribution in [0.5, 0.6) is 5.75 Å². The smallest absolute Gasteiger partial charge is 0.326 e. The van der Waals surface area contributed by atoms with E-state index in [-0.39, 0.29) is 25.0 Å². The van der Waals surface area contributed by atoms with Crippen molar-refractivity contribution < 1.29 is 39.3 Å². The maximum atomic E-state index is 13.4. The molecule has 216 valence electrons. The molecule has 0 aliphatic rings. The van der Waals surface area contributed by atoms with E-state index < -0.39 is 66.2 Å². The zero-order valence-corrected chi connectivity index (χ0v) is 22.4. The number of rotatable bonds is 15. The molecule has 0 aromatic heterocycles. The van der Waals surface area contributed by atoms with Gasteiger partial charge in [0.2, 0.25) is 17.7 Å². The van der Waals surface area contributed by atoms with E-state index in [4.69, 9.17) is 10.8 Å². The average Bonchev–Trinajstić information content (AvgIpc) is 2.90. The van der Waals surface area contributed by atoms with Crippen molar-refractivity contribution in [3.8, 4) is 5.75 Å². The number of benzene rings is 2. The highest BCUT2D eigenvalue weighted by molar-refractivity contribution is 5.94. The minimum Gasteiger partial charge on any atom is -0.508 e. The number of nitrogens with two attached hydrogens (primary N) is 1. The molecular weight excluding hydrogens is 520 g/mol. The Kier molecular flexibility index (Phi) is 12.1. The monoisotopic (exact) mass is 556 g/mol. The number of aromatic hydroxyl groups is 1. The van der Waals surface area contributed by atoms with E-state index in [2.05, 4.69) is 16.0 Å². The molecule has 0 radical (unpaired) electrons. The van der Waals surface area contributed by atoms with E-state index in [0.29, 0.717) is 5.56 Å². The van der Waals surface area contributed by atoms with Gasteiger partial charge in [-0.15, -0.1) is 0 Å². The first-order valence-corrected chi connectivity index (χ1v) is 12.8. The van der Waals surface area contributed by atoms with Crippen LogP contribution in [0.2, 0.25) is 0 Å². The number of nitrogens with one attached hydrogen (secondary N) is 3. The molecular formula is C28H36N4O8. The molecule has 40 heavy (non-hydrogen) atoms.